The van der Waals surface area contributed by atoms with Crippen LogP contribution in [0.5, 0.6) is 0 Å². The quantitative estimate of drug-likeness (QED) is 0.162. The lowest BCUT2D eigenvalue weighted by Crippen LogP contribution is -2.04. The van der Waals surface area contributed by atoms with Crippen molar-refractivity contribution in [1.29, 1.82) is 0 Å². The van der Waals surface area contributed by atoms with E-state index in [4.69, 9.17) is 15.0 Å². The summed E-state index contributed by atoms with van der Waals surface area (Å²) in [6.45, 7) is 0. The van der Waals surface area contributed by atoms with Gasteiger partial charge in [0.2, 0.25) is 0 Å². The SMILES string of the molecule is c1ccc(-c2ccc(-c3nc(-c4ccccc4)nc(-c4cc(-c5ccccc5)ccc4-n4c5cccc6c7ccccc7c7cccc4c7c65)n3)cc2)cc1. The van der Waals surface area contributed by atoms with Crippen molar-refractivity contribution in [3.63, 3.8) is 0 Å². The molecule has 0 bridgehead atoms. The topological polar surface area (TPSA) is 43.6 Å². The van der Waals surface area contributed by atoms with E-state index in [0.29, 0.717) is 17.5 Å². The summed E-state index contributed by atoms with van der Waals surface area (Å²) < 4.78 is 2.41. The maximum atomic E-state index is 5.31. The highest BCUT2D eigenvalue weighted by Gasteiger charge is 2.23. The lowest BCUT2D eigenvalue weighted by Gasteiger charge is -2.16. The number of aromatic nitrogens is 4. The summed E-state index contributed by atoms with van der Waals surface area (Å²) in [7, 11) is 0. The molecule has 0 saturated carbocycles. The molecule has 55 heavy (non-hydrogen) atoms. The molecule has 2 heterocycles. The third-order valence-corrected chi connectivity index (χ3v) is 10.8. The van der Waals surface area contributed by atoms with Crippen molar-refractivity contribution < 1.29 is 0 Å². The van der Waals surface area contributed by atoms with Crippen molar-refractivity contribution in [2.24, 2.45) is 0 Å². The maximum absolute atomic E-state index is 5.31. The molecule has 0 fully saturated rings. The summed E-state index contributed by atoms with van der Waals surface area (Å²) in [4.78, 5) is 15.7. The lowest BCUT2D eigenvalue weighted by atomic mass is 9.95. The van der Waals surface area contributed by atoms with Gasteiger partial charge in [0, 0.05) is 27.5 Å². The Morgan fingerprint density at radius 3 is 1.25 bits per heavy atom. The van der Waals surface area contributed by atoms with Crippen molar-refractivity contribution >= 4 is 43.4 Å². The predicted molar refractivity (Wildman–Crippen MR) is 228 cm³/mol. The number of benzene rings is 9. The fraction of sp³-hybridized carbons (Fsp3) is 0. The van der Waals surface area contributed by atoms with Crippen LogP contribution >= 0.6 is 0 Å². The maximum Gasteiger partial charge on any atom is 0.166 e. The fourth-order valence-electron chi connectivity index (χ4n) is 8.27. The number of rotatable bonds is 6. The fourth-order valence-corrected chi connectivity index (χ4v) is 8.27. The molecule has 0 spiro atoms. The van der Waals surface area contributed by atoms with Crippen LogP contribution in [-0.2, 0) is 0 Å². The summed E-state index contributed by atoms with van der Waals surface area (Å²) >= 11 is 0. The molecule has 2 aromatic heterocycles. The third kappa shape index (κ3) is 5.11. The molecule has 0 amide bonds. The standard InChI is InChI=1S/C51H32N4/c1-4-14-33(15-5-1)35-26-28-37(29-27-35)50-52-49(36-18-8-3-9-19-36)53-51(54-50)43-32-38(34-16-6-2-7-17-34)30-31-44(43)55-45-24-12-22-41-39-20-10-11-21-40(39)42-23-13-25-46(55)48(42)47(41)45/h1-32H. The Morgan fingerprint density at radius 2 is 0.691 bits per heavy atom. The van der Waals surface area contributed by atoms with E-state index in [1.165, 1.54) is 37.9 Å². The van der Waals surface area contributed by atoms with Gasteiger partial charge in [0.15, 0.2) is 17.5 Å². The van der Waals surface area contributed by atoms with Gasteiger partial charge in [0.25, 0.3) is 0 Å². The monoisotopic (exact) mass is 700 g/mol. The second-order valence-corrected chi connectivity index (χ2v) is 14.0. The van der Waals surface area contributed by atoms with Crippen LogP contribution in [0.4, 0.5) is 0 Å². The first-order valence-electron chi connectivity index (χ1n) is 18.6. The van der Waals surface area contributed by atoms with Crippen LogP contribution in [0.15, 0.2) is 194 Å². The molecule has 0 atom stereocenters. The van der Waals surface area contributed by atoms with E-state index in [9.17, 15) is 0 Å². The van der Waals surface area contributed by atoms with Crippen molar-refractivity contribution in [2.75, 3.05) is 0 Å². The molecule has 0 aliphatic carbocycles. The summed E-state index contributed by atoms with van der Waals surface area (Å²) in [5.41, 5.74) is 10.6. The second kappa shape index (κ2) is 12.6. The highest BCUT2D eigenvalue weighted by Crippen LogP contribution is 2.45. The lowest BCUT2D eigenvalue weighted by molar-refractivity contribution is 1.06. The molecule has 4 heteroatoms. The Kier molecular flexibility index (Phi) is 7.14. The molecule has 0 N–H and O–H groups in total. The number of hydrogen-bond donors (Lipinski definition) is 0. The molecular weight excluding hydrogens is 669 g/mol. The van der Waals surface area contributed by atoms with Crippen molar-refractivity contribution in [2.45, 2.75) is 0 Å². The van der Waals surface area contributed by atoms with Gasteiger partial charge in [-0.15, -0.1) is 0 Å². The highest BCUT2D eigenvalue weighted by molar-refractivity contribution is 6.34. The van der Waals surface area contributed by atoms with Gasteiger partial charge in [-0.05, 0) is 68.1 Å². The molecule has 0 saturated heterocycles. The Labute approximate surface area is 318 Å². The molecule has 0 radical (unpaired) electrons. The zero-order chi connectivity index (χ0) is 36.3. The summed E-state index contributed by atoms with van der Waals surface area (Å²) in [6, 6.07) is 68.5. The molecule has 0 aliphatic rings. The first kappa shape index (κ1) is 31.1. The van der Waals surface area contributed by atoms with Gasteiger partial charge in [-0.2, -0.15) is 0 Å². The average molecular weight is 701 g/mol. The predicted octanol–water partition coefficient (Wildman–Crippen LogP) is 13.0. The molecular formula is C51H32N4. The number of nitrogens with zero attached hydrogens (tertiary/aromatic N) is 4. The Balaban J connectivity index is 1.20. The van der Waals surface area contributed by atoms with Crippen molar-refractivity contribution in [3.8, 4) is 62.1 Å². The summed E-state index contributed by atoms with van der Waals surface area (Å²) in [6.07, 6.45) is 0. The van der Waals surface area contributed by atoms with Gasteiger partial charge in [-0.25, -0.2) is 15.0 Å². The van der Waals surface area contributed by atoms with Crippen LogP contribution in [0.3, 0.4) is 0 Å². The van der Waals surface area contributed by atoms with E-state index in [0.717, 1.165) is 50.1 Å². The van der Waals surface area contributed by atoms with Gasteiger partial charge in [0.1, 0.15) is 0 Å². The minimum atomic E-state index is 0.615. The molecule has 256 valence electrons. The third-order valence-electron chi connectivity index (χ3n) is 10.8. The van der Waals surface area contributed by atoms with Crippen LogP contribution < -0.4 is 0 Å². The van der Waals surface area contributed by atoms with Crippen LogP contribution in [0.2, 0.25) is 0 Å². The van der Waals surface area contributed by atoms with E-state index >= 15 is 0 Å². The van der Waals surface area contributed by atoms with Crippen molar-refractivity contribution in [3.05, 3.63) is 194 Å². The second-order valence-electron chi connectivity index (χ2n) is 14.0. The molecule has 9 aromatic carbocycles. The number of hydrogen-bond acceptors (Lipinski definition) is 3. The van der Waals surface area contributed by atoms with Gasteiger partial charge in [-0.3, -0.25) is 0 Å². The molecule has 11 aromatic rings. The van der Waals surface area contributed by atoms with E-state index in [2.05, 4.69) is 174 Å². The van der Waals surface area contributed by atoms with Crippen molar-refractivity contribution in [1.82, 2.24) is 19.5 Å². The Hall–Kier alpha value is -7.43. The molecule has 0 aliphatic heterocycles. The van der Waals surface area contributed by atoms with Crippen LogP contribution in [0.25, 0.3) is 105 Å². The minimum Gasteiger partial charge on any atom is -0.308 e. The van der Waals surface area contributed by atoms with E-state index < -0.39 is 0 Å². The van der Waals surface area contributed by atoms with Crippen LogP contribution in [0, 0.1) is 0 Å². The minimum absolute atomic E-state index is 0.615. The zero-order valence-corrected chi connectivity index (χ0v) is 29.8. The van der Waals surface area contributed by atoms with Crippen LogP contribution in [-0.4, -0.2) is 19.5 Å². The Bertz CT molecular complexity index is 3080. The zero-order valence-electron chi connectivity index (χ0n) is 29.8. The largest absolute Gasteiger partial charge is 0.308 e. The smallest absolute Gasteiger partial charge is 0.166 e. The highest BCUT2D eigenvalue weighted by atomic mass is 15.1. The Morgan fingerprint density at radius 1 is 0.291 bits per heavy atom. The molecule has 0 unspecified atom stereocenters. The van der Waals surface area contributed by atoms with E-state index in [1.807, 2.05) is 24.3 Å². The summed E-state index contributed by atoms with van der Waals surface area (Å²) in [5, 5.41) is 7.57. The molecule has 11 rings (SSSR count). The van der Waals surface area contributed by atoms with Gasteiger partial charge in [0.05, 0.1) is 16.7 Å². The van der Waals surface area contributed by atoms with E-state index in [-0.39, 0.29) is 0 Å². The first-order chi connectivity index (χ1) is 27.3. The van der Waals surface area contributed by atoms with Crippen LogP contribution in [0.1, 0.15) is 0 Å². The van der Waals surface area contributed by atoms with Gasteiger partial charge >= 0.3 is 0 Å². The average Bonchev–Trinajstić information content (AvgIpc) is 3.62. The van der Waals surface area contributed by atoms with E-state index in [1.54, 1.807) is 0 Å². The number of fused-ring (bicyclic) bond motifs is 3. The summed E-state index contributed by atoms with van der Waals surface area (Å²) in [5.74, 6) is 1.87. The first-order valence-corrected chi connectivity index (χ1v) is 18.6. The van der Waals surface area contributed by atoms with Gasteiger partial charge in [-0.1, -0.05) is 170 Å². The molecule has 4 nitrogen and oxygen atoms in total. The normalized spacial score (nSPS) is 11.6. The van der Waals surface area contributed by atoms with Gasteiger partial charge < -0.3 is 4.57 Å².